The minimum Gasteiger partial charge on any atom is -0.330 e. The molecular weight excluding hydrogens is 242 g/mol. The van der Waals surface area contributed by atoms with Gasteiger partial charge in [-0.25, -0.2) is 4.98 Å². The van der Waals surface area contributed by atoms with Gasteiger partial charge in [0.25, 0.3) is 0 Å². The summed E-state index contributed by atoms with van der Waals surface area (Å²) in [5.74, 6) is 0. The van der Waals surface area contributed by atoms with Gasteiger partial charge >= 0.3 is 0 Å². The Morgan fingerprint density at radius 3 is 2.78 bits per heavy atom. The molecule has 3 N–H and O–H groups in total. The first-order valence-corrected chi connectivity index (χ1v) is 7.09. The highest BCUT2D eigenvalue weighted by molar-refractivity contribution is 7.09. The van der Waals surface area contributed by atoms with Crippen molar-refractivity contribution in [3.63, 3.8) is 0 Å². The lowest BCUT2D eigenvalue weighted by Crippen LogP contribution is -2.19. The Labute approximate surface area is 112 Å². The molecule has 0 aliphatic carbocycles. The Hall–Kier alpha value is -1.23. The summed E-state index contributed by atoms with van der Waals surface area (Å²) in [5.41, 5.74) is 8.29. The number of aromatic nitrogens is 1. The highest BCUT2D eigenvalue weighted by atomic mass is 32.1. The van der Waals surface area contributed by atoms with Crippen LogP contribution in [0.3, 0.4) is 0 Å². The Morgan fingerprint density at radius 2 is 2.11 bits per heavy atom. The second kappa shape index (κ2) is 6.64. The summed E-state index contributed by atoms with van der Waals surface area (Å²) in [7, 11) is 0. The Morgan fingerprint density at radius 1 is 1.33 bits per heavy atom. The van der Waals surface area contributed by atoms with Crippen LogP contribution in [0.2, 0.25) is 0 Å². The first-order chi connectivity index (χ1) is 8.81. The lowest BCUT2D eigenvalue weighted by atomic mass is 10.0. The highest BCUT2D eigenvalue weighted by Crippen LogP contribution is 2.16. The van der Waals surface area contributed by atoms with Gasteiger partial charge in [-0.3, -0.25) is 0 Å². The Balaban J connectivity index is 1.97. The van der Waals surface area contributed by atoms with Crippen molar-refractivity contribution in [1.29, 1.82) is 0 Å². The van der Waals surface area contributed by atoms with Gasteiger partial charge in [-0.2, -0.15) is 0 Å². The summed E-state index contributed by atoms with van der Waals surface area (Å²) >= 11 is 1.69. The molecule has 0 saturated carbocycles. The molecule has 0 spiro atoms. The van der Waals surface area contributed by atoms with Crippen molar-refractivity contribution in [1.82, 2.24) is 10.3 Å². The van der Waals surface area contributed by atoms with Gasteiger partial charge in [0, 0.05) is 18.1 Å². The average molecular weight is 261 g/mol. The number of benzene rings is 1. The predicted octanol–water partition coefficient (Wildman–Crippen LogP) is 2.50. The molecule has 18 heavy (non-hydrogen) atoms. The molecule has 2 rings (SSSR count). The molecule has 1 aromatic heterocycles. The van der Waals surface area contributed by atoms with Crippen LogP contribution in [0.4, 0.5) is 0 Å². The maximum Gasteiger partial charge on any atom is 0.109 e. The van der Waals surface area contributed by atoms with Crippen LogP contribution in [-0.4, -0.2) is 11.5 Å². The van der Waals surface area contributed by atoms with Crippen LogP contribution in [0.1, 0.15) is 29.1 Å². The van der Waals surface area contributed by atoms with Gasteiger partial charge in [-0.15, -0.1) is 11.3 Å². The molecule has 96 valence electrons. The third-order valence-corrected chi connectivity index (χ3v) is 3.91. The Bertz CT molecular complexity index is 468. The van der Waals surface area contributed by atoms with Gasteiger partial charge in [0.1, 0.15) is 5.01 Å². The van der Waals surface area contributed by atoms with E-state index in [1.54, 1.807) is 11.3 Å². The largest absolute Gasteiger partial charge is 0.330 e. The number of hydrogen-bond acceptors (Lipinski definition) is 4. The molecule has 1 heterocycles. The molecule has 0 amide bonds. The van der Waals surface area contributed by atoms with E-state index in [0.29, 0.717) is 6.54 Å². The van der Waals surface area contributed by atoms with E-state index in [0.717, 1.165) is 18.0 Å². The SMILES string of the molecule is CC(NCc1ccccc1CCN)c1nccs1. The lowest BCUT2D eigenvalue weighted by molar-refractivity contribution is 0.569. The van der Waals surface area contributed by atoms with Gasteiger partial charge in [0.15, 0.2) is 0 Å². The molecule has 0 aliphatic rings. The van der Waals surface area contributed by atoms with Crippen molar-refractivity contribution in [2.75, 3.05) is 6.54 Å². The normalized spacial score (nSPS) is 12.6. The third kappa shape index (κ3) is 3.38. The molecule has 1 atom stereocenters. The van der Waals surface area contributed by atoms with Gasteiger partial charge in [0.05, 0.1) is 6.04 Å². The average Bonchev–Trinajstić information content (AvgIpc) is 2.92. The fourth-order valence-electron chi connectivity index (χ4n) is 1.93. The van der Waals surface area contributed by atoms with Crippen molar-refractivity contribution in [2.45, 2.75) is 25.9 Å². The van der Waals surface area contributed by atoms with E-state index >= 15 is 0 Å². The smallest absolute Gasteiger partial charge is 0.109 e. The van der Waals surface area contributed by atoms with Crippen LogP contribution >= 0.6 is 11.3 Å². The number of rotatable bonds is 6. The van der Waals surface area contributed by atoms with Crippen LogP contribution in [0.5, 0.6) is 0 Å². The first-order valence-electron chi connectivity index (χ1n) is 6.21. The molecule has 0 bridgehead atoms. The second-order valence-corrected chi connectivity index (χ2v) is 5.21. The van der Waals surface area contributed by atoms with Crippen molar-refractivity contribution in [3.05, 3.63) is 52.0 Å². The summed E-state index contributed by atoms with van der Waals surface area (Å²) in [6.45, 7) is 3.69. The van der Waals surface area contributed by atoms with Gasteiger partial charge < -0.3 is 11.1 Å². The molecule has 0 saturated heterocycles. The summed E-state index contributed by atoms with van der Waals surface area (Å²) in [5, 5.41) is 6.65. The van der Waals surface area contributed by atoms with Crippen LogP contribution < -0.4 is 11.1 Å². The standard InChI is InChI=1S/C14H19N3S/c1-11(14-16-8-9-18-14)17-10-13-5-3-2-4-12(13)6-7-15/h2-5,8-9,11,17H,6-7,10,15H2,1H3. The number of hydrogen-bond donors (Lipinski definition) is 2. The number of nitrogens with one attached hydrogen (secondary N) is 1. The fourth-order valence-corrected chi connectivity index (χ4v) is 2.60. The summed E-state index contributed by atoms with van der Waals surface area (Å²) < 4.78 is 0. The van der Waals surface area contributed by atoms with E-state index in [9.17, 15) is 0 Å². The quantitative estimate of drug-likeness (QED) is 0.840. The monoisotopic (exact) mass is 261 g/mol. The minimum atomic E-state index is 0.288. The molecule has 0 aliphatic heterocycles. The van der Waals surface area contributed by atoms with Gasteiger partial charge in [-0.1, -0.05) is 24.3 Å². The molecule has 2 aromatic rings. The highest BCUT2D eigenvalue weighted by Gasteiger charge is 2.08. The van der Waals surface area contributed by atoms with Gasteiger partial charge in [-0.05, 0) is 31.0 Å². The van der Waals surface area contributed by atoms with E-state index in [4.69, 9.17) is 5.73 Å². The van der Waals surface area contributed by atoms with Crippen molar-refractivity contribution >= 4 is 11.3 Å². The van der Waals surface area contributed by atoms with Crippen LogP contribution in [0, 0.1) is 0 Å². The maximum atomic E-state index is 5.63. The lowest BCUT2D eigenvalue weighted by Gasteiger charge is -2.13. The van der Waals surface area contributed by atoms with Crippen molar-refractivity contribution in [3.8, 4) is 0 Å². The third-order valence-electron chi connectivity index (χ3n) is 2.95. The maximum absolute atomic E-state index is 5.63. The van der Waals surface area contributed by atoms with Crippen molar-refractivity contribution < 1.29 is 0 Å². The van der Waals surface area contributed by atoms with Crippen LogP contribution in [-0.2, 0) is 13.0 Å². The van der Waals surface area contributed by atoms with E-state index < -0.39 is 0 Å². The topological polar surface area (TPSA) is 50.9 Å². The fraction of sp³-hybridized carbons (Fsp3) is 0.357. The zero-order valence-corrected chi connectivity index (χ0v) is 11.4. The van der Waals surface area contributed by atoms with Crippen LogP contribution in [0.15, 0.2) is 35.8 Å². The summed E-state index contributed by atoms with van der Waals surface area (Å²) in [6.07, 6.45) is 2.78. The molecular formula is C14H19N3S. The molecule has 0 radical (unpaired) electrons. The van der Waals surface area contributed by atoms with E-state index in [2.05, 4.69) is 41.5 Å². The molecule has 0 fully saturated rings. The molecule has 4 heteroatoms. The van der Waals surface area contributed by atoms with Crippen molar-refractivity contribution in [2.24, 2.45) is 5.73 Å². The van der Waals surface area contributed by atoms with Crippen LogP contribution in [0.25, 0.3) is 0 Å². The molecule has 3 nitrogen and oxygen atoms in total. The number of nitrogens with two attached hydrogens (primary N) is 1. The first kappa shape index (κ1) is 13.2. The number of thiazole rings is 1. The Kier molecular flexibility index (Phi) is 4.87. The van der Waals surface area contributed by atoms with E-state index in [1.165, 1.54) is 11.1 Å². The number of nitrogens with zero attached hydrogens (tertiary/aromatic N) is 1. The zero-order chi connectivity index (χ0) is 12.8. The zero-order valence-electron chi connectivity index (χ0n) is 10.6. The summed E-state index contributed by atoms with van der Waals surface area (Å²) in [6, 6.07) is 8.74. The second-order valence-electron chi connectivity index (χ2n) is 4.28. The van der Waals surface area contributed by atoms with E-state index in [1.807, 2.05) is 11.6 Å². The molecule has 1 unspecified atom stereocenters. The molecule has 1 aromatic carbocycles. The summed E-state index contributed by atoms with van der Waals surface area (Å²) in [4.78, 5) is 4.32. The van der Waals surface area contributed by atoms with Gasteiger partial charge in [0.2, 0.25) is 0 Å². The minimum absolute atomic E-state index is 0.288. The predicted molar refractivity (Wildman–Crippen MR) is 76.6 cm³/mol. The van der Waals surface area contributed by atoms with E-state index in [-0.39, 0.29) is 6.04 Å².